The SMILES string of the molecule is CCOc1ccc2nc(N3C(=O)C(=O)C(=C(O)c4ccc5c(c4)OCCO5)[C@@H]3c3ccc(OCC)c(OCC)c3)sc2c1. The second-order valence-electron chi connectivity index (χ2n) is 9.66. The average Bonchev–Trinajstić information content (AvgIpc) is 3.55. The zero-order valence-corrected chi connectivity index (χ0v) is 24.7. The van der Waals surface area contributed by atoms with Crippen LogP contribution in [0, 0.1) is 0 Å². The van der Waals surface area contributed by atoms with Crippen LogP contribution in [0.25, 0.3) is 16.0 Å². The van der Waals surface area contributed by atoms with E-state index in [1.807, 2.05) is 39.0 Å². The molecule has 4 aromatic rings. The van der Waals surface area contributed by atoms with E-state index in [0.29, 0.717) is 83.6 Å². The lowest BCUT2D eigenvalue weighted by Crippen LogP contribution is -2.29. The Hall–Kier alpha value is -4.77. The number of carbonyl (C=O) groups excluding carboxylic acids is 2. The molecule has 0 radical (unpaired) electrons. The summed E-state index contributed by atoms with van der Waals surface area (Å²) in [6.07, 6.45) is 0. The highest BCUT2D eigenvalue weighted by molar-refractivity contribution is 7.22. The Bertz CT molecular complexity index is 1750. The summed E-state index contributed by atoms with van der Waals surface area (Å²) in [5.74, 6) is 0.659. The smallest absolute Gasteiger partial charge is 0.301 e. The Balaban J connectivity index is 1.53. The molecule has 1 amide bonds. The molecule has 43 heavy (non-hydrogen) atoms. The summed E-state index contributed by atoms with van der Waals surface area (Å²) in [5, 5.41) is 12.0. The van der Waals surface area contributed by atoms with Gasteiger partial charge in [-0.1, -0.05) is 17.4 Å². The summed E-state index contributed by atoms with van der Waals surface area (Å²) >= 11 is 1.26. The number of ketones is 1. The van der Waals surface area contributed by atoms with Crippen LogP contribution in [0.5, 0.6) is 28.7 Å². The molecule has 0 bridgehead atoms. The van der Waals surface area contributed by atoms with Crippen molar-refractivity contribution in [3.63, 3.8) is 0 Å². The molecule has 3 heterocycles. The van der Waals surface area contributed by atoms with E-state index in [0.717, 1.165) is 4.70 Å². The molecule has 6 rings (SSSR count). The molecule has 1 N–H and O–H groups in total. The van der Waals surface area contributed by atoms with Crippen molar-refractivity contribution in [1.29, 1.82) is 0 Å². The topological polar surface area (TPSA) is 117 Å². The number of amides is 1. The number of Topliss-reactive ketones (excluding diaryl/α,β-unsaturated/α-hetero) is 1. The van der Waals surface area contributed by atoms with Crippen molar-refractivity contribution in [3.8, 4) is 28.7 Å². The van der Waals surface area contributed by atoms with Crippen LogP contribution in [0.4, 0.5) is 5.13 Å². The molecule has 0 aliphatic carbocycles. The Kier molecular flexibility index (Phi) is 7.81. The third-order valence-electron chi connectivity index (χ3n) is 7.01. The highest BCUT2D eigenvalue weighted by Gasteiger charge is 2.48. The highest BCUT2D eigenvalue weighted by Crippen LogP contribution is 2.46. The first-order valence-corrected chi connectivity index (χ1v) is 14.9. The fraction of sp³-hybridized carbons (Fsp3) is 0.281. The van der Waals surface area contributed by atoms with Crippen molar-refractivity contribution < 1.29 is 38.4 Å². The summed E-state index contributed by atoms with van der Waals surface area (Å²) in [6, 6.07) is 14.6. The number of ether oxygens (including phenoxy) is 5. The fourth-order valence-electron chi connectivity index (χ4n) is 5.18. The molecule has 1 atom stereocenters. The second-order valence-corrected chi connectivity index (χ2v) is 10.7. The maximum atomic E-state index is 13.8. The normalized spacial score (nSPS) is 17.4. The molecule has 10 nitrogen and oxygen atoms in total. The molecular formula is C32H30N2O8S. The maximum absolute atomic E-state index is 13.8. The van der Waals surface area contributed by atoms with Gasteiger partial charge in [0.05, 0.1) is 41.7 Å². The van der Waals surface area contributed by atoms with E-state index in [1.54, 1.807) is 36.4 Å². The van der Waals surface area contributed by atoms with Gasteiger partial charge in [-0.3, -0.25) is 14.5 Å². The van der Waals surface area contributed by atoms with Crippen molar-refractivity contribution in [2.24, 2.45) is 0 Å². The van der Waals surface area contributed by atoms with Gasteiger partial charge in [-0.15, -0.1) is 0 Å². The monoisotopic (exact) mass is 602 g/mol. The molecule has 0 spiro atoms. The van der Waals surface area contributed by atoms with E-state index in [4.69, 9.17) is 28.7 Å². The summed E-state index contributed by atoms with van der Waals surface area (Å²) in [6.45, 7) is 7.71. The van der Waals surface area contributed by atoms with Crippen molar-refractivity contribution >= 4 is 44.1 Å². The van der Waals surface area contributed by atoms with Crippen LogP contribution < -0.4 is 28.6 Å². The number of aliphatic hydroxyl groups excluding tert-OH is 1. The van der Waals surface area contributed by atoms with Crippen molar-refractivity contribution in [3.05, 3.63) is 71.3 Å². The first kappa shape index (κ1) is 28.4. The molecule has 11 heteroatoms. The minimum absolute atomic E-state index is 0.0810. The molecule has 1 aromatic heterocycles. The van der Waals surface area contributed by atoms with Crippen LogP contribution in [0.15, 0.2) is 60.2 Å². The largest absolute Gasteiger partial charge is 0.507 e. The Labute approximate surface area is 252 Å². The first-order chi connectivity index (χ1) is 20.9. The maximum Gasteiger partial charge on any atom is 0.301 e. The zero-order chi connectivity index (χ0) is 30.1. The molecule has 2 aliphatic heterocycles. The lowest BCUT2D eigenvalue weighted by molar-refractivity contribution is -0.132. The average molecular weight is 603 g/mol. The van der Waals surface area contributed by atoms with E-state index in [1.165, 1.54) is 16.2 Å². The van der Waals surface area contributed by atoms with Crippen molar-refractivity contribution in [1.82, 2.24) is 4.98 Å². The number of thiazole rings is 1. The molecule has 3 aromatic carbocycles. The van der Waals surface area contributed by atoms with Gasteiger partial charge in [-0.05, 0) is 74.9 Å². The number of hydrogen-bond donors (Lipinski definition) is 1. The highest BCUT2D eigenvalue weighted by atomic mass is 32.1. The minimum Gasteiger partial charge on any atom is -0.507 e. The zero-order valence-electron chi connectivity index (χ0n) is 23.9. The third-order valence-corrected chi connectivity index (χ3v) is 8.03. The minimum atomic E-state index is -1.00. The van der Waals surface area contributed by atoms with E-state index in [9.17, 15) is 14.7 Å². The first-order valence-electron chi connectivity index (χ1n) is 14.1. The van der Waals surface area contributed by atoms with E-state index in [-0.39, 0.29) is 11.3 Å². The fourth-order valence-corrected chi connectivity index (χ4v) is 6.20. The quantitative estimate of drug-likeness (QED) is 0.142. The Morgan fingerprint density at radius 1 is 0.907 bits per heavy atom. The van der Waals surface area contributed by atoms with Crippen molar-refractivity contribution in [2.45, 2.75) is 26.8 Å². The van der Waals surface area contributed by atoms with E-state index in [2.05, 4.69) is 0 Å². The Morgan fingerprint density at radius 2 is 1.65 bits per heavy atom. The summed E-state index contributed by atoms with van der Waals surface area (Å²) < 4.78 is 29.3. The van der Waals surface area contributed by atoms with Crippen molar-refractivity contribution in [2.75, 3.05) is 37.9 Å². The lowest BCUT2D eigenvalue weighted by atomic mass is 9.95. The van der Waals surface area contributed by atoms with E-state index >= 15 is 0 Å². The van der Waals surface area contributed by atoms with Gasteiger partial charge in [0.25, 0.3) is 5.78 Å². The number of aromatic nitrogens is 1. The van der Waals surface area contributed by atoms with Crippen LogP contribution in [0.3, 0.4) is 0 Å². The van der Waals surface area contributed by atoms with Gasteiger partial charge < -0.3 is 28.8 Å². The van der Waals surface area contributed by atoms with Crippen LogP contribution in [0.1, 0.15) is 37.9 Å². The molecule has 0 unspecified atom stereocenters. The van der Waals surface area contributed by atoms with Gasteiger partial charge in [0, 0.05) is 5.56 Å². The molecule has 1 fully saturated rings. The molecule has 0 saturated carbocycles. The predicted molar refractivity (Wildman–Crippen MR) is 162 cm³/mol. The number of benzene rings is 3. The molecule has 222 valence electrons. The van der Waals surface area contributed by atoms with Crippen LogP contribution in [0.2, 0.25) is 0 Å². The molecule has 2 aliphatic rings. The number of aliphatic hydroxyl groups is 1. The number of carbonyl (C=O) groups is 2. The van der Waals surface area contributed by atoms with Gasteiger partial charge in [-0.2, -0.15) is 0 Å². The van der Waals surface area contributed by atoms with Gasteiger partial charge in [-0.25, -0.2) is 4.98 Å². The number of rotatable bonds is 9. The second kappa shape index (κ2) is 11.8. The van der Waals surface area contributed by atoms with Crippen LogP contribution >= 0.6 is 11.3 Å². The predicted octanol–water partition coefficient (Wildman–Crippen LogP) is 5.89. The lowest BCUT2D eigenvalue weighted by Gasteiger charge is -2.24. The third kappa shape index (κ3) is 5.20. The molecule has 1 saturated heterocycles. The van der Waals surface area contributed by atoms with Gasteiger partial charge >= 0.3 is 5.91 Å². The number of nitrogens with zero attached hydrogens (tertiary/aromatic N) is 2. The summed E-state index contributed by atoms with van der Waals surface area (Å²) in [4.78, 5) is 33.6. The number of fused-ring (bicyclic) bond motifs is 2. The van der Waals surface area contributed by atoms with Crippen LogP contribution in [-0.4, -0.2) is 54.8 Å². The summed E-state index contributed by atoms with van der Waals surface area (Å²) in [7, 11) is 0. The standard InChI is InChI=1S/C32H30N2O8S/c1-4-38-20-9-10-21-26(17-20)43-32(33-21)34-28(18-7-11-22(39-5-2)24(15-18)40-6-3)27(30(36)31(34)37)29(35)19-8-12-23-25(16-19)42-14-13-41-23/h7-12,15-17,28,35H,4-6,13-14H2,1-3H3/t28-/m0/s1. The van der Waals surface area contributed by atoms with Crippen LogP contribution in [-0.2, 0) is 9.59 Å². The van der Waals surface area contributed by atoms with Gasteiger partial charge in [0.1, 0.15) is 24.7 Å². The number of anilines is 1. The number of hydrogen-bond acceptors (Lipinski definition) is 10. The summed E-state index contributed by atoms with van der Waals surface area (Å²) in [5.41, 5.74) is 1.42. The molecular weight excluding hydrogens is 572 g/mol. The Morgan fingerprint density at radius 3 is 2.42 bits per heavy atom. The van der Waals surface area contributed by atoms with Gasteiger partial charge in [0.2, 0.25) is 0 Å². The van der Waals surface area contributed by atoms with E-state index < -0.39 is 17.7 Å². The van der Waals surface area contributed by atoms with Gasteiger partial charge in [0.15, 0.2) is 28.1 Å².